The number of carbonyl (C=O) groups excluding carboxylic acids is 1. The van der Waals surface area contributed by atoms with Gasteiger partial charge in [-0.15, -0.1) is 0 Å². The molecule has 1 aliphatic carbocycles. The Labute approximate surface area is 201 Å². The van der Waals surface area contributed by atoms with Crippen LogP contribution in [0, 0.1) is 6.92 Å². The molecule has 0 spiro atoms. The lowest BCUT2D eigenvalue weighted by molar-refractivity contribution is -0.137. The Kier molecular flexibility index (Phi) is 8.81. The Bertz CT molecular complexity index is 966. The zero-order valence-electron chi connectivity index (χ0n) is 20.2. The van der Waals surface area contributed by atoms with E-state index in [4.69, 9.17) is 0 Å². The van der Waals surface area contributed by atoms with E-state index in [9.17, 15) is 18.0 Å². The maximum atomic E-state index is 12.8. The van der Waals surface area contributed by atoms with Crippen molar-refractivity contribution < 1.29 is 18.0 Å². The Morgan fingerprint density at radius 3 is 2.12 bits per heavy atom. The largest absolute Gasteiger partial charge is 0.416 e. The van der Waals surface area contributed by atoms with Crippen molar-refractivity contribution in [2.24, 2.45) is 0 Å². The minimum Gasteiger partial charge on any atom is -0.371 e. The lowest BCUT2D eigenvalue weighted by Crippen LogP contribution is -2.31. The van der Waals surface area contributed by atoms with Crippen LogP contribution in [0.15, 0.2) is 49.0 Å². The van der Waals surface area contributed by atoms with E-state index in [-0.39, 0.29) is 11.8 Å². The highest BCUT2D eigenvalue weighted by molar-refractivity contribution is 5.91. The molecule has 3 nitrogen and oxygen atoms in total. The molecule has 6 heteroatoms. The van der Waals surface area contributed by atoms with E-state index in [1.807, 2.05) is 32.0 Å². The van der Waals surface area contributed by atoms with Gasteiger partial charge >= 0.3 is 6.18 Å². The van der Waals surface area contributed by atoms with E-state index >= 15 is 0 Å². The molecule has 2 aromatic carbocycles. The molecule has 1 N–H and O–H groups in total. The van der Waals surface area contributed by atoms with Gasteiger partial charge in [-0.25, -0.2) is 0 Å². The van der Waals surface area contributed by atoms with Gasteiger partial charge in [0.05, 0.1) is 5.56 Å². The van der Waals surface area contributed by atoms with E-state index in [0.29, 0.717) is 6.42 Å². The fourth-order valence-electron chi connectivity index (χ4n) is 4.03. The number of hydrogen-bond donors (Lipinski definition) is 1. The average molecular weight is 473 g/mol. The quantitative estimate of drug-likeness (QED) is 0.482. The highest BCUT2D eigenvalue weighted by atomic mass is 19.4. The number of benzene rings is 2. The van der Waals surface area contributed by atoms with Gasteiger partial charge in [-0.1, -0.05) is 63.5 Å². The fraction of sp³-hybridized carbons (Fsp3) is 0.464. The predicted octanol–water partition coefficient (Wildman–Crippen LogP) is 7.77. The van der Waals surface area contributed by atoms with Crippen LogP contribution in [0.4, 0.5) is 18.9 Å². The van der Waals surface area contributed by atoms with Crippen LogP contribution < -0.4 is 5.32 Å². The lowest BCUT2D eigenvalue weighted by atomic mass is 9.88. The van der Waals surface area contributed by atoms with E-state index in [0.717, 1.165) is 54.0 Å². The smallest absolute Gasteiger partial charge is 0.371 e. The number of halogens is 3. The molecule has 1 saturated heterocycles. The molecule has 2 fully saturated rings. The number of nitrogens with one attached hydrogen (secondary N) is 1. The van der Waals surface area contributed by atoms with Gasteiger partial charge < -0.3 is 10.2 Å². The number of likely N-dealkylation sites (tertiary alicyclic amines) is 1. The Balaban J connectivity index is 0.000000732. The monoisotopic (exact) mass is 472 g/mol. The first-order valence-corrected chi connectivity index (χ1v) is 12.2. The lowest BCUT2D eigenvalue weighted by Gasteiger charge is -2.35. The summed E-state index contributed by atoms with van der Waals surface area (Å²) < 4.78 is 38.3. The van der Waals surface area contributed by atoms with E-state index < -0.39 is 11.7 Å². The number of piperidine rings is 1. The summed E-state index contributed by atoms with van der Waals surface area (Å²) in [5, 5.41) is 2.92. The van der Waals surface area contributed by atoms with Gasteiger partial charge in [0.25, 0.3) is 0 Å². The molecule has 2 aromatic rings. The minimum absolute atomic E-state index is 0.0294. The number of aryl methyl sites for hydroxylation is 1. The molecule has 0 bridgehead atoms. The molecular weight excluding hydrogens is 437 g/mol. The molecular formula is C28H35F3N2O. The SMILES string of the molecule is C1CCC1.C=C(c1ccc(C)c(NC(=O)CC)c1)N1CCC(c2ccc(C(F)(F)F)cc2)CC1. The third-order valence-corrected chi connectivity index (χ3v) is 6.75. The van der Waals surface area contributed by atoms with Crippen molar-refractivity contribution in [1.82, 2.24) is 4.90 Å². The molecule has 1 amide bonds. The van der Waals surface area contributed by atoms with Crippen molar-refractivity contribution in [3.05, 3.63) is 71.3 Å². The van der Waals surface area contributed by atoms with Gasteiger partial charge in [-0.2, -0.15) is 13.2 Å². The standard InChI is InChI=1S/C24H27F3N2O.C4H8/c1-4-23(30)28-22-15-20(6-5-16(22)2)17(3)29-13-11-19(12-14-29)18-7-9-21(10-8-18)24(25,26)27;1-2-4-3-1/h5-10,15,19H,3-4,11-14H2,1-2H3,(H,28,30);1-4H2. The Morgan fingerprint density at radius 2 is 1.62 bits per heavy atom. The third-order valence-electron chi connectivity index (χ3n) is 6.75. The second-order valence-corrected chi connectivity index (χ2v) is 9.17. The van der Waals surface area contributed by atoms with Gasteiger partial charge in [0.2, 0.25) is 5.91 Å². The first-order valence-electron chi connectivity index (χ1n) is 12.2. The third kappa shape index (κ3) is 6.87. The Hall–Kier alpha value is -2.76. The molecule has 1 aliphatic heterocycles. The number of nitrogens with zero attached hydrogens (tertiary/aromatic N) is 1. The summed E-state index contributed by atoms with van der Waals surface area (Å²) >= 11 is 0. The van der Waals surface area contributed by atoms with Gasteiger partial charge in [0.1, 0.15) is 0 Å². The summed E-state index contributed by atoms with van der Waals surface area (Å²) in [6.45, 7) is 9.58. The van der Waals surface area contributed by atoms with Crippen molar-refractivity contribution in [3.63, 3.8) is 0 Å². The number of hydrogen-bond acceptors (Lipinski definition) is 2. The van der Waals surface area contributed by atoms with Crippen LogP contribution in [-0.2, 0) is 11.0 Å². The topological polar surface area (TPSA) is 32.3 Å². The van der Waals surface area contributed by atoms with Crippen molar-refractivity contribution in [3.8, 4) is 0 Å². The molecule has 4 rings (SSSR count). The molecule has 0 unspecified atom stereocenters. The van der Waals surface area contributed by atoms with Crippen LogP contribution in [0.5, 0.6) is 0 Å². The van der Waals surface area contributed by atoms with Gasteiger partial charge in [-0.05, 0) is 60.6 Å². The van der Waals surface area contributed by atoms with Crippen LogP contribution >= 0.6 is 0 Å². The molecule has 34 heavy (non-hydrogen) atoms. The van der Waals surface area contributed by atoms with Gasteiger partial charge in [0.15, 0.2) is 0 Å². The second-order valence-electron chi connectivity index (χ2n) is 9.17. The Morgan fingerprint density at radius 1 is 1.03 bits per heavy atom. The first-order chi connectivity index (χ1) is 16.2. The second kappa shape index (κ2) is 11.6. The van der Waals surface area contributed by atoms with Gasteiger partial charge in [-0.3, -0.25) is 4.79 Å². The maximum absolute atomic E-state index is 12.8. The molecule has 2 aliphatic rings. The zero-order chi connectivity index (χ0) is 24.7. The number of amides is 1. The zero-order valence-corrected chi connectivity index (χ0v) is 20.2. The van der Waals surface area contributed by atoms with Crippen LogP contribution in [-0.4, -0.2) is 23.9 Å². The summed E-state index contributed by atoms with van der Waals surface area (Å²) in [7, 11) is 0. The normalized spacial score (nSPS) is 16.2. The van der Waals surface area contributed by atoms with Crippen LogP contribution in [0.25, 0.3) is 5.70 Å². The fourth-order valence-corrected chi connectivity index (χ4v) is 4.03. The van der Waals surface area contributed by atoms with Crippen LogP contribution in [0.3, 0.4) is 0 Å². The highest BCUT2D eigenvalue weighted by Gasteiger charge is 2.30. The predicted molar refractivity (Wildman–Crippen MR) is 133 cm³/mol. The first kappa shape index (κ1) is 25.9. The summed E-state index contributed by atoms with van der Waals surface area (Å²) in [4.78, 5) is 14.0. The number of anilines is 1. The highest BCUT2D eigenvalue weighted by Crippen LogP contribution is 2.34. The number of alkyl halides is 3. The van der Waals surface area contributed by atoms with Crippen molar-refractivity contribution in [2.75, 3.05) is 18.4 Å². The van der Waals surface area contributed by atoms with Crippen LogP contribution in [0.2, 0.25) is 0 Å². The minimum atomic E-state index is -4.30. The van der Waals surface area contributed by atoms with E-state index in [2.05, 4.69) is 16.8 Å². The summed E-state index contributed by atoms with van der Waals surface area (Å²) in [6, 6.07) is 11.5. The molecule has 0 radical (unpaired) electrons. The van der Waals surface area contributed by atoms with Crippen LogP contribution in [0.1, 0.15) is 80.0 Å². The summed E-state index contributed by atoms with van der Waals surface area (Å²) in [6.07, 6.45) is 3.83. The molecule has 1 saturated carbocycles. The van der Waals surface area contributed by atoms with Gasteiger partial charge in [0, 0.05) is 30.9 Å². The summed E-state index contributed by atoms with van der Waals surface area (Å²) in [5.41, 5.74) is 3.98. The molecule has 1 heterocycles. The molecule has 0 atom stereocenters. The van der Waals surface area contributed by atoms with Crippen molar-refractivity contribution in [1.29, 1.82) is 0 Å². The number of rotatable bonds is 5. The van der Waals surface area contributed by atoms with E-state index in [1.165, 1.54) is 37.8 Å². The number of carbonyl (C=O) groups is 1. The maximum Gasteiger partial charge on any atom is 0.416 e. The summed E-state index contributed by atoms with van der Waals surface area (Å²) in [5.74, 6) is 0.215. The average Bonchev–Trinajstić information content (AvgIpc) is 2.78. The molecule has 184 valence electrons. The van der Waals surface area contributed by atoms with Crippen molar-refractivity contribution >= 4 is 17.3 Å². The van der Waals surface area contributed by atoms with E-state index in [1.54, 1.807) is 12.1 Å². The van der Waals surface area contributed by atoms with Crippen molar-refractivity contribution in [2.45, 2.75) is 70.9 Å². The molecule has 0 aromatic heterocycles.